The van der Waals surface area contributed by atoms with Gasteiger partial charge in [0.2, 0.25) is 0 Å². The first-order valence-corrected chi connectivity index (χ1v) is 13.8. The molecule has 0 saturated carbocycles. The number of carboxylic acids is 1. The Morgan fingerprint density at radius 2 is 0.630 bits per heavy atom. The molecule has 0 aromatic carbocycles. The SMILES string of the molecule is CC(=O)[O-].Cc1ccc(-c2ccc(C)cn2)nc1.Cc1ccc(-c2ccc(C)cn2)nc1.O.[Cu+2].[Cu+2].[O-][Cl+3]([O-])([O-])[O-].[O-][Cl+3]([O-])([O-])[O-].[OH-]. The predicted octanol–water partition coefficient (Wildman–Crippen LogP) is -6.24. The summed E-state index contributed by atoms with van der Waals surface area (Å²) in [5, 5.41) is 8.89. The van der Waals surface area contributed by atoms with Gasteiger partial charge < -0.3 is 20.9 Å². The predicted molar refractivity (Wildman–Crippen MR) is 130 cm³/mol. The number of aliphatic carboxylic acids is 1. The Balaban J connectivity index is -0.000000165. The molecule has 2 radical (unpaired) electrons. The molecular weight excluding hydrogens is 758 g/mol. The summed E-state index contributed by atoms with van der Waals surface area (Å²) < 4.78 is 67.9. The van der Waals surface area contributed by atoms with Crippen molar-refractivity contribution >= 4 is 5.97 Å². The summed E-state index contributed by atoms with van der Waals surface area (Å²) in [6.45, 7) is 9.08. The van der Waals surface area contributed by atoms with Crippen LogP contribution in [-0.4, -0.2) is 36.9 Å². The van der Waals surface area contributed by atoms with Crippen LogP contribution in [0.2, 0.25) is 0 Å². The molecule has 16 nitrogen and oxygen atoms in total. The molecule has 4 heterocycles. The van der Waals surface area contributed by atoms with Crippen molar-refractivity contribution in [2.24, 2.45) is 0 Å². The Morgan fingerprint density at radius 1 is 0.500 bits per heavy atom. The van der Waals surface area contributed by atoms with Crippen LogP contribution in [0.25, 0.3) is 22.8 Å². The van der Waals surface area contributed by atoms with E-state index in [-0.39, 0.29) is 45.1 Å². The maximum absolute atomic E-state index is 8.89. The van der Waals surface area contributed by atoms with Gasteiger partial charge in [-0.05, 0) is 81.1 Å². The first-order valence-electron chi connectivity index (χ1n) is 11.4. The van der Waals surface area contributed by atoms with E-state index in [4.69, 9.17) is 47.2 Å². The van der Waals surface area contributed by atoms with Crippen LogP contribution >= 0.6 is 0 Å². The summed E-state index contributed by atoms with van der Waals surface area (Å²) in [6.07, 6.45) is 7.43. The van der Waals surface area contributed by atoms with Crippen molar-refractivity contribution < 1.29 is 113 Å². The maximum Gasteiger partial charge on any atom is 2.00 e. The van der Waals surface area contributed by atoms with Crippen LogP contribution in [0.1, 0.15) is 29.2 Å². The van der Waals surface area contributed by atoms with Crippen LogP contribution in [0.3, 0.4) is 0 Å². The molecule has 0 aliphatic rings. The topological polar surface area (TPSA) is 338 Å². The smallest absolute Gasteiger partial charge is 0.870 e. The molecule has 0 amide bonds. The van der Waals surface area contributed by atoms with Gasteiger partial charge in [0, 0.05) is 30.8 Å². The Hall–Kier alpha value is -2.71. The summed E-state index contributed by atoms with van der Waals surface area (Å²) in [5.74, 6) is -1.08. The van der Waals surface area contributed by atoms with E-state index >= 15 is 0 Å². The van der Waals surface area contributed by atoms with Crippen molar-refractivity contribution in [1.82, 2.24) is 19.9 Å². The molecule has 4 aromatic rings. The van der Waals surface area contributed by atoms with E-state index in [1.807, 2.05) is 101 Å². The summed E-state index contributed by atoms with van der Waals surface area (Å²) in [4.78, 5) is 26.2. The number of carbonyl (C=O) groups is 1. The van der Waals surface area contributed by atoms with Gasteiger partial charge >= 0.3 is 34.1 Å². The van der Waals surface area contributed by atoms with Gasteiger partial charge in [-0.25, -0.2) is 37.3 Å². The van der Waals surface area contributed by atoms with E-state index in [1.165, 1.54) is 22.3 Å². The van der Waals surface area contributed by atoms with Gasteiger partial charge in [-0.3, -0.25) is 19.9 Å². The van der Waals surface area contributed by atoms with Crippen LogP contribution in [0.5, 0.6) is 0 Å². The number of rotatable bonds is 2. The number of hydrogen-bond acceptors (Lipinski definition) is 15. The number of nitrogens with zero attached hydrogens (tertiary/aromatic N) is 4. The minimum Gasteiger partial charge on any atom is -0.870 e. The second-order valence-electron chi connectivity index (χ2n) is 8.13. The molecule has 0 fully saturated rings. The summed E-state index contributed by atoms with van der Waals surface area (Å²) >= 11 is 0. The zero-order valence-corrected chi connectivity index (χ0v) is 28.0. The number of aryl methyl sites for hydroxylation is 4. The molecule has 3 N–H and O–H groups in total. The van der Waals surface area contributed by atoms with E-state index in [2.05, 4.69) is 19.9 Å². The van der Waals surface area contributed by atoms with Crippen LogP contribution in [0.4, 0.5) is 0 Å². The quantitative estimate of drug-likeness (QED) is 0.171. The molecule has 262 valence electrons. The third-order valence-corrected chi connectivity index (χ3v) is 4.17. The normalized spacial score (nSPS) is 9.33. The van der Waals surface area contributed by atoms with Crippen LogP contribution in [0.15, 0.2) is 73.3 Å². The standard InChI is InChI=1S/2C12H12N2.C2H4O2.2ClHO4.2Cu.2H2O/c2*1-9-3-5-11(13-7-9)12-6-4-10(2)8-14-12;1-2(3)4;2*2-1(3,4)5;;;;/h2*3-8H,1-2H3;1H3,(H,3,4);2*(H,2,3,4,5);;;2*1H2/q;;;;;2*+2;;/p-4. The zero-order valence-electron chi connectivity index (χ0n) is 24.6. The molecular formula is C26H30Cl2Cu2N4O12. The number of pyridine rings is 4. The van der Waals surface area contributed by atoms with E-state index in [0.29, 0.717) is 0 Å². The Bertz CT molecular complexity index is 1130. The van der Waals surface area contributed by atoms with E-state index in [9.17, 15) is 0 Å². The fourth-order valence-corrected chi connectivity index (χ4v) is 2.48. The molecule has 0 atom stereocenters. The monoisotopic (exact) mass is 786 g/mol. The minimum absolute atomic E-state index is 0. The average Bonchev–Trinajstić information content (AvgIpc) is 2.84. The van der Waals surface area contributed by atoms with Crippen molar-refractivity contribution in [3.05, 3.63) is 95.6 Å². The summed E-state index contributed by atoms with van der Waals surface area (Å²) in [7, 11) is -9.89. The number of carboxylic acid groups (broad SMARTS) is 1. The largest absolute Gasteiger partial charge is 2.00 e. The number of halogens is 2. The molecule has 0 aliphatic heterocycles. The third-order valence-electron chi connectivity index (χ3n) is 4.17. The Labute approximate surface area is 290 Å². The molecule has 4 aromatic heterocycles. The fourth-order valence-electron chi connectivity index (χ4n) is 2.48. The van der Waals surface area contributed by atoms with Gasteiger partial charge in [0.1, 0.15) is 0 Å². The molecule has 0 spiro atoms. The second-order valence-corrected chi connectivity index (χ2v) is 9.64. The second kappa shape index (κ2) is 26.4. The van der Waals surface area contributed by atoms with E-state index < -0.39 is 26.5 Å². The Morgan fingerprint density at radius 3 is 0.717 bits per heavy atom. The summed E-state index contributed by atoms with van der Waals surface area (Å²) in [6, 6.07) is 16.2. The van der Waals surface area contributed by atoms with Crippen LogP contribution in [-0.2, 0) is 38.9 Å². The van der Waals surface area contributed by atoms with Crippen molar-refractivity contribution in [2.75, 3.05) is 0 Å². The number of hydrogen-bond donors (Lipinski definition) is 0. The van der Waals surface area contributed by atoms with Gasteiger partial charge in [-0.1, -0.05) is 24.3 Å². The Kier molecular flexibility index (Phi) is 30.3. The van der Waals surface area contributed by atoms with Crippen molar-refractivity contribution in [3.63, 3.8) is 0 Å². The third kappa shape index (κ3) is 32.7. The van der Waals surface area contributed by atoms with Crippen molar-refractivity contribution in [2.45, 2.75) is 34.6 Å². The van der Waals surface area contributed by atoms with Gasteiger partial charge in [0.05, 0.1) is 22.8 Å². The molecule has 0 aliphatic carbocycles. The number of aromatic nitrogens is 4. The fraction of sp³-hybridized carbons (Fsp3) is 0.192. The van der Waals surface area contributed by atoms with Crippen molar-refractivity contribution in [1.29, 1.82) is 0 Å². The van der Waals surface area contributed by atoms with Crippen molar-refractivity contribution in [3.8, 4) is 22.8 Å². The molecule has 0 saturated heterocycles. The minimum atomic E-state index is -4.94. The van der Waals surface area contributed by atoms with Gasteiger partial charge in [-0.2, -0.15) is 0 Å². The van der Waals surface area contributed by atoms with Gasteiger partial charge in [0.25, 0.3) is 0 Å². The molecule has 46 heavy (non-hydrogen) atoms. The number of carbonyl (C=O) groups excluding carboxylic acids is 1. The molecule has 0 unspecified atom stereocenters. The molecule has 20 heteroatoms. The molecule has 0 bridgehead atoms. The zero-order chi connectivity index (χ0) is 32.5. The maximum atomic E-state index is 8.89. The first kappa shape index (κ1) is 52.8. The van der Waals surface area contributed by atoms with E-state index in [1.54, 1.807) is 0 Å². The van der Waals surface area contributed by atoms with E-state index in [0.717, 1.165) is 29.7 Å². The van der Waals surface area contributed by atoms with Gasteiger partial charge in [0.15, 0.2) is 0 Å². The average molecular weight is 789 g/mol. The first-order chi connectivity index (χ1) is 19.2. The van der Waals surface area contributed by atoms with Crippen LogP contribution in [0, 0.1) is 48.2 Å². The van der Waals surface area contributed by atoms with Crippen LogP contribution < -0.4 is 42.4 Å². The summed E-state index contributed by atoms with van der Waals surface area (Å²) in [5.41, 5.74) is 8.38. The van der Waals surface area contributed by atoms with Gasteiger partial charge in [-0.15, -0.1) is 20.5 Å². The molecule has 4 rings (SSSR count).